The Morgan fingerprint density at radius 1 is 1.48 bits per heavy atom. The fourth-order valence-electron chi connectivity index (χ4n) is 2.77. The lowest BCUT2D eigenvalue weighted by Gasteiger charge is -2.28. The maximum Gasteiger partial charge on any atom is 0.258 e. The number of rotatable bonds is 6. The number of carbonyl (C=O) groups is 1. The van der Waals surface area contributed by atoms with Crippen molar-refractivity contribution in [1.82, 2.24) is 15.5 Å². The summed E-state index contributed by atoms with van der Waals surface area (Å²) in [6, 6.07) is 1.92. The van der Waals surface area contributed by atoms with Gasteiger partial charge in [0.2, 0.25) is 5.91 Å². The third-order valence-electron chi connectivity index (χ3n) is 4.14. The highest BCUT2D eigenvalue weighted by molar-refractivity contribution is 7.08. The molecule has 7 heteroatoms. The Morgan fingerprint density at radius 3 is 3.13 bits per heavy atom. The standard InChI is InChI=1S/C16H21N3O3S/c1-11-4-2-3-5-13(11)21-9-15(20)17-8-14-18-16(22-19-14)12-6-7-23-10-12/h6-7,10-11,13H,2-5,8-9H2,1H3,(H,17,20)/t11-,13+/m0/s1. The van der Waals surface area contributed by atoms with Crippen molar-refractivity contribution in [3.63, 3.8) is 0 Å². The van der Waals surface area contributed by atoms with Crippen LogP contribution in [0.4, 0.5) is 0 Å². The van der Waals surface area contributed by atoms with E-state index in [2.05, 4.69) is 22.4 Å². The molecule has 23 heavy (non-hydrogen) atoms. The first-order valence-electron chi connectivity index (χ1n) is 7.96. The molecule has 1 fully saturated rings. The summed E-state index contributed by atoms with van der Waals surface area (Å²) in [5.41, 5.74) is 0.898. The summed E-state index contributed by atoms with van der Waals surface area (Å²) in [5.74, 6) is 1.32. The molecular formula is C16H21N3O3S. The van der Waals surface area contributed by atoms with Crippen molar-refractivity contribution in [3.8, 4) is 11.5 Å². The minimum atomic E-state index is -0.148. The van der Waals surface area contributed by atoms with Crippen LogP contribution in [0.15, 0.2) is 21.3 Å². The molecule has 1 aliphatic rings. The monoisotopic (exact) mass is 335 g/mol. The number of nitrogens with one attached hydrogen (secondary N) is 1. The van der Waals surface area contributed by atoms with Gasteiger partial charge >= 0.3 is 0 Å². The molecule has 6 nitrogen and oxygen atoms in total. The fourth-order valence-corrected chi connectivity index (χ4v) is 3.40. The molecule has 2 aromatic rings. The maximum absolute atomic E-state index is 11.9. The van der Waals surface area contributed by atoms with Crippen molar-refractivity contribution in [2.24, 2.45) is 5.92 Å². The van der Waals surface area contributed by atoms with Crippen molar-refractivity contribution >= 4 is 17.2 Å². The zero-order valence-electron chi connectivity index (χ0n) is 13.2. The van der Waals surface area contributed by atoms with Gasteiger partial charge in [0, 0.05) is 5.38 Å². The SMILES string of the molecule is C[C@H]1CCCC[C@H]1OCC(=O)NCc1noc(-c2ccsc2)n1. The van der Waals surface area contributed by atoms with E-state index in [0.29, 0.717) is 17.6 Å². The van der Waals surface area contributed by atoms with Gasteiger partial charge < -0.3 is 14.6 Å². The summed E-state index contributed by atoms with van der Waals surface area (Å²) in [6.07, 6.45) is 4.87. The minimum Gasteiger partial charge on any atom is -0.368 e. The molecule has 1 saturated carbocycles. The molecule has 1 aliphatic carbocycles. The second-order valence-corrected chi connectivity index (χ2v) is 6.70. The molecule has 2 atom stereocenters. The average molecular weight is 335 g/mol. The average Bonchev–Trinajstić information content (AvgIpc) is 3.23. The van der Waals surface area contributed by atoms with Crippen LogP contribution in [0.5, 0.6) is 0 Å². The van der Waals surface area contributed by atoms with Crippen molar-refractivity contribution in [2.45, 2.75) is 45.3 Å². The van der Waals surface area contributed by atoms with Gasteiger partial charge in [-0.15, -0.1) is 0 Å². The van der Waals surface area contributed by atoms with E-state index in [4.69, 9.17) is 9.26 Å². The first-order chi connectivity index (χ1) is 11.2. The minimum absolute atomic E-state index is 0.0875. The summed E-state index contributed by atoms with van der Waals surface area (Å²) in [7, 11) is 0. The van der Waals surface area contributed by atoms with Crippen LogP contribution in [0, 0.1) is 5.92 Å². The van der Waals surface area contributed by atoms with E-state index in [1.807, 2.05) is 16.8 Å². The smallest absolute Gasteiger partial charge is 0.258 e. The number of carbonyl (C=O) groups excluding carboxylic acids is 1. The van der Waals surface area contributed by atoms with Gasteiger partial charge in [-0.1, -0.05) is 24.9 Å². The van der Waals surface area contributed by atoms with Gasteiger partial charge in [-0.25, -0.2) is 0 Å². The second-order valence-electron chi connectivity index (χ2n) is 5.92. The van der Waals surface area contributed by atoms with Gasteiger partial charge in [-0.3, -0.25) is 4.79 Å². The summed E-state index contributed by atoms with van der Waals surface area (Å²) >= 11 is 1.57. The van der Waals surface area contributed by atoms with Gasteiger partial charge in [0.05, 0.1) is 18.2 Å². The first-order valence-corrected chi connectivity index (χ1v) is 8.90. The molecule has 1 amide bonds. The molecule has 0 aromatic carbocycles. The third kappa shape index (κ3) is 4.39. The molecule has 124 valence electrons. The molecule has 0 bridgehead atoms. The molecule has 2 aromatic heterocycles. The van der Waals surface area contributed by atoms with E-state index >= 15 is 0 Å². The number of aromatic nitrogens is 2. The summed E-state index contributed by atoms with van der Waals surface area (Å²) in [6.45, 7) is 2.52. The van der Waals surface area contributed by atoms with Crippen LogP contribution < -0.4 is 5.32 Å². The van der Waals surface area contributed by atoms with Crippen LogP contribution in [-0.2, 0) is 16.1 Å². The normalized spacial score (nSPS) is 21.3. The Labute approximate surface area is 139 Å². The highest BCUT2D eigenvalue weighted by Gasteiger charge is 2.22. The van der Waals surface area contributed by atoms with Crippen molar-refractivity contribution in [3.05, 3.63) is 22.7 Å². The van der Waals surface area contributed by atoms with Crippen LogP contribution in [0.25, 0.3) is 11.5 Å². The molecule has 1 N–H and O–H groups in total. The number of hydrogen-bond donors (Lipinski definition) is 1. The lowest BCUT2D eigenvalue weighted by atomic mass is 9.88. The summed E-state index contributed by atoms with van der Waals surface area (Å²) < 4.78 is 10.9. The highest BCUT2D eigenvalue weighted by Crippen LogP contribution is 2.26. The number of ether oxygens (including phenoxy) is 1. The Hall–Kier alpha value is -1.73. The zero-order valence-corrected chi connectivity index (χ0v) is 14.0. The number of thiophene rings is 1. The zero-order chi connectivity index (χ0) is 16.1. The molecule has 0 saturated heterocycles. The number of nitrogens with zero attached hydrogens (tertiary/aromatic N) is 2. The first kappa shape index (κ1) is 16.1. The Bertz CT molecular complexity index is 626. The van der Waals surface area contributed by atoms with Gasteiger partial charge in [0.1, 0.15) is 6.61 Å². The van der Waals surface area contributed by atoms with Crippen LogP contribution in [0.1, 0.15) is 38.4 Å². The second kappa shape index (κ2) is 7.70. The quantitative estimate of drug-likeness (QED) is 0.878. The molecular weight excluding hydrogens is 314 g/mol. The Morgan fingerprint density at radius 2 is 2.35 bits per heavy atom. The molecule has 0 radical (unpaired) electrons. The molecule has 0 spiro atoms. The van der Waals surface area contributed by atoms with E-state index in [-0.39, 0.29) is 25.2 Å². The maximum atomic E-state index is 11.9. The largest absolute Gasteiger partial charge is 0.368 e. The molecule has 0 unspecified atom stereocenters. The molecule has 2 heterocycles. The molecule has 3 rings (SSSR count). The lowest BCUT2D eigenvalue weighted by molar-refractivity contribution is -0.129. The van der Waals surface area contributed by atoms with Crippen molar-refractivity contribution in [2.75, 3.05) is 6.61 Å². The third-order valence-corrected chi connectivity index (χ3v) is 4.82. The summed E-state index contributed by atoms with van der Waals surface area (Å²) in [4.78, 5) is 16.1. The number of hydrogen-bond acceptors (Lipinski definition) is 6. The highest BCUT2D eigenvalue weighted by atomic mass is 32.1. The Balaban J connectivity index is 1.42. The number of amides is 1. The van der Waals surface area contributed by atoms with E-state index in [9.17, 15) is 4.79 Å². The summed E-state index contributed by atoms with van der Waals surface area (Å²) in [5, 5.41) is 10.5. The van der Waals surface area contributed by atoms with E-state index in [1.165, 1.54) is 19.3 Å². The molecule has 0 aliphatic heterocycles. The predicted octanol–water partition coefficient (Wildman–Crippen LogP) is 3.01. The lowest BCUT2D eigenvalue weighted by Crippen LogP contribution is -2.33. The van der Waals surface area contributed by atoms with Gasteiger partial charge in [-0.2, -0.15) is 16.3 Å². The van der Waals surface area contributed by atoms with Crippen molar-refractivity contribution in [1.29, 1.82) is 0 Å². The topological polar surface area (TPSA) is 77.2 Å². The Kier molecular flexibility index (Phi) is 5.40. The van der Waals surface area contributed by atoms with Crippen LogP contribution in [0.3, 0.4) is 0 Å². The van der Waals surface area contributed by atoms with E-state index in [0.717, 1.165) is 12.0 Å². The van der Waals surface area contributed by atoms with E-state index < -0.39 is 0 Å². The predicted molar refractivity (Wildman–Crippen MR) is 86.8 cm³/mol. The van der Waals surface area contributed by atoms with Crippen LogP contribution in [-0.4, -0.2) is 28.8 Å². The fraction of sp³-hybridized carbons (Fsp3) is 0.562. The van der Waals surface area contributed by atoms with Gasteiger partial charge in [-0.05, 0) is 30.2 Å². The van der Waals surface area contributed by atoms with Crippen LogP contribution in [0.2, 0.25) is 0 Å². The van der Waals surface area contributed by atoms with E-state index in [1.54, 1.807) is 11.3 Å². The van der Waals surface area contributed by atoms with Crippen molar-refractivity contribution < 1.29 is 14.1 Å². The van der Waals surface area contributed by atoms with Crippen LogP contribution >= 0.6 is 11.3 Å². The van der Waals surface area contributed by atoms with Gasteiger partial charge in [0.15, 0.2) is 5.82 Å². The van der Waals surface area contributed by atoms with Gasteiger partial charge in [0.25, 0.3) is 5.89 Å².